The van der Waals surface area contributed by atoms with Gasteiger partial charge in [0.25, 0.3) is 15.9 Å². The number of sulfonamides is 1. The van der Waals surface area contributed by atoms with Crippen LogP contribution in [0.2, 0.25) is 5.02 Å². The fourth-order valence-electron chi connectivity index (χ4n) is 3.35. The van der Waals surface area contributed by atoms with E-state index in [0.717, 1.165) is 17.5 Å². The van der Waals surface area contributed by atoms with Crippen LogP contribution < -0.4 is 14.8 Å². The van der Waals surface area contributed by atoms with Gasteiger partial charge < -0.3 is 10.1 Å². The number of amides is 1. The lowest BCUT2D eigenvalue weighted by atomic mass is 10.1. The van der Waals surface area contributed by atoms with Crippen molar-refractivity contribution in [2.24, 2.45) is 4.99 Å². The van der Waals surface area contributed by atoms with Crippen molar-refractivity contribution in [2.75, 3.05) is 18.5 Å². The quantitative estimate of drug-likeness (QED) is 0.517. The van der Waals surface area contributed by atoms with Gasteiger partial charge in [-0.2, -0.15) is 0 Å². The highest BCUT2D eigenvalue weighted by molar-refractivity contribution is 7.90. The molecule has 1 heterocycles. The van der Waals surface area contributed by atoms with Gasteiger partial charge in [0.1, 0.15) is 11.6 Å². The molecule has 1 aliphatic rings. The average Bonchev–Trinajstić information content (AvgIpc) is 3.31. The molecule has 4 rings (SSSR count). The largest absolute Gasteiger partial charge is 0.482 e. The number of carbonyl (C=O) groups excluding carboxylic acids is 1. The molecule has 0 saturated carbocycles. The number of hydrogen-bond acceptors (Lipinski definition) is 5. The van der Waals surface area contributed by atoms with Crippen molar-refractivity contribution in [2.45, 2.75) is 17.7 Å². The summed E-state index contributed by atoms with van der Waals surface area (Å²) >= 11 is 6.32. The molecule has 33 heavy (non-hydrogen) atoms. The molecule has 9 heteroatoms. The SMILES string of the molecule is O=C(COc1ccc(-c2ccccc2)cc1Cl)Nc1cccc(S(=O)(=O)NC2=NCCC2)c1. The molecule has 1 aliphatic heterocycles. The van der Waals surface area contributed by atoms with Gasteiger partial charge in [0, 0.05) is 18.7 Å². The van der Waals surface area contributed by atoms with Gasteiger partial charge in [-0.1, -0.05) is 54.1 Å². The third-order valence-corrected chi connectivity index (χ3v) is 6.63. The molecule has 0 aromatic heterocycles. The highest BCUT2D eigenvalue weighted by atomic mass is 35.5. The number of ether oxygens (including phenoxy) is 1. The first-order valence-corrected chi connectivity index (χ1v) is 12.2. The zero-order chi connectivity index (χ0) is 23.3. The second-order valence-corrected chi connectivity index (χ2v) is 9.50. The van der Waals surface area contributed by atoms with Crippen molar-refractivity contribution in [3.8, 4) is 16.9 Å². The van der Waals surface area contributed by atoms with Crippen LogP contribution in [0.1, 0.15) is 12.8 Å². The Morgan fingerprint density at radius 2 is 1.82 bits per heavy atom. The number of benzene rings is 3. The summed E-state index contributed by atoms with van der Waals surface area (Å²) in [7, 11) is -3.77. The summed E-state index contributed by atoms with van der Waals surface area (Å²) < 4.78 is 33.2. The number of nitrogens with one attached hydrogen (secondary N) is 2. The number of aliphatic imine (C=N–C) groups is 1. The molecule has 0 aliphatic carbocycles. The van der Waals surface area contributed by atoms with Gasteiger partial charge in [0.05, 0.1) is 9.92 Å². The smallest absolute Gasteiger partial charge is 0.262 e. The van der Waals surface area contributed by atoms with Gasteiger partial charge in [-0.3, -0.25) is 14.5 Å². The van der Waals surface area contributed by atoms with E-state index >= 15 is 0 Å². The molecule has 0 unspecified atom stereocenters. The van der Waals surface area contributed by atoms with E-state index in [-0.39, 0.29) is 11.5 Å². The van der Waals surface area contributed by atoms with E-state index in [0.29, 0.717) is 35.3 Å². The lowest BCUT2D eigenvalue weighted by molar-refractivity contribution is -0.118. The molecular weight excluding hydrogens is 462 g/mol. The van der Waals surface area contributed by atoms with Crippen LogP contribution in [-0.4, -0.2) is 33.3 Å². The van der Waals surface area contributed by atoms with Crippen LogP contribution in [0.25, 0.3) is 11.1 Å². The molecule has 0 saturated heterocycles. The minimum absolute atomic E-state index is 0.0374. The molecule has 0 fully saturated rings. The standard InChI is InChI=1S/C24H22ClN3O4S/c25-21-14-18(17-6-2-1-3-7-17)11-12-22(21)32-16-24(29)27-19-8-4-9-20(15-19)33(30,31)28-23-10-5-13-26-23/h1-4,6-9,11-12,14-15H,5,10,13,16H2,(H,26,28)(H,27,29). The van der Waals surface area contributed by atoms with Crippen molar-refractivity contribution in [1.82, 2.24) is 4.72 Å². The van der Waals surface area contributed by atoms with Crippen LogP contribution in [0, 0.1) is 0 Å². The normalized spacial score (nSPS) is 13.3. The molecule has 0 atom stereocenters. The summed E-state index contributed by atoms with van der Waals surface area (Å²) in [6.45, 7) is 0.337. The summed E-state index contributed by atoms with van der Waals surface area (Å²) in [6, 6.07) is 21.1. The number of halogens is 1. The second-order valence-electron chi connectivity index (χ2n) is 7.41. The summed E-state index contributed by atoms with van der Waals surface area (Å²) in [5.41, 5.74) is 2.30. The molecule has 170 valence electrons. The topological polar surface area (TPSA) is 96.9 Å². The average molecular weight is 484 g/mol. The molecule has 3 aromatic rings. The third-order valence-electron chi connectivity index (χ3n) is 4.95. The Bertz CT molecular complexity index is 1290. The second kappa shape index (κ2) is 10.1. The Morgan fingerprint density at radius 1 is 1.00 bits per heavy atom. The highest BCUT2D eigenvalue weighted by Gasteiger charge is 2.19. The van der Waals surface area contributed by atoms with E-state index in [1.54, 1.807) is 24.3 Å². The van der Waals surface area contributed by atoms with Gasteiger partial charge in [0.15, 0.2) is 6.61 Å². The predicted octanol–water partition coefficient (Wildman–Crippen LogP) is 4.50. The molecule has 2 N–H and O–H groups in total. The molecule has 1 amide bonds. The first kappa shape index (κ1) is 22.8. The van der Waals surface area contributed by atoms with Crippen LogP contribution in [0.4, 0.5) is 5.69 Å². The lowest BCUT2D eigenvalue weighted by Crippen LogP contribution is -2.29. The summed E-state index contributed by atoms with van der Waals surface area (Å²) in [5.74, 6) is 0.387. The predicted molar refractivity (Wildman–Crippen MR) is 129 cm³/mol. The van der Waals surface area contributed by atoms with E-state index in [2.05, 4.69) is 15.0 Å². The first-order chi connectivity index (χ1) is 15.9. The minimum Gasteiger partial charge on any atom is -0.482 e. The maximum Gasteiger partial charge on any atom is 0.262 e. The Labute approximate surface area is 197 Å². The molecule has 7 nitrogen and oxygen atoms in total. The summed E-state index contributed by atoms with van der Waals surface area (Å²) in [5, 5.41) is 3.03. The number of rotatable bonds is 7. The molecule has 0 spiro atoms. The van der Waals surface area contributed by atoms with Crippen molar-refractivity contribution >= 4 is 39.1 Å². The van der Waals surface area contributed by atoms with Crippen molar-refractivity contribution in [3.05, 3.63) is 77.8 Å². The Balaban J connectivity index is 1.37. The van der Waals surface area contributed by atoms with E-state index in [1.807, 2.05) is 36.4 Å². The zero-order valence-corrected chi connectivity index (χ0v) is 19.2. The fourth-order valence-corrected chi connectivity index (χ4v) is 4.72. The summed E-state index contributed by atoms with van der Waals surface area (Å²) in [4.78, 5) is 16.5. The van der Waals surface area contributed by atoms with Crippen molar-refractivity contribution in [3.63, 3.8) is 0 Å². The van der Waals surface area contributed by atoms with E-state index in [9.17, 15) is 13.2 Å². The van der Waals surface area contributed by atoms with Gasteiger partial charge >= 0.3 is 0 Å². The van der Waals surface area contributed by atoms with Gasteiger partial charge in [-0.05, 0) is 47.9 Å². The molecular formula is C24H22ClN3O4S. The van der Waals surface area contributed by atoms with E-state index in [1.165, 1.54) is 12.1 Å². The Kier molecular flexibility index (Phi) is 6.96. The number of hydrogen-bond donors (Lipinski definition) is 2. The Morgan fingerprint density at radius 3 is 2.55 bits per heavy atom. The van der Waals surface area contributed by atoms with E-state index < -0.39 is 15.9 Å². The molecule has 0 radical (unpaired) electrons. The number of anilines is 1. The zero-order valence-electron chi connectivity index (χ0n) is 17.6. The van der Waals surface area contributed by atoms with Crippen LogP contribution in [0.3, 0.4) is 0 Å². The van der Waals surface area contributed by atoms with Crippen LogP contribution in [-0.2, 0) is 14.8 Å². The Hall–Kier alpha value is -3.36. The number of amidine groups is 1. The molecule has 0 bridgehead atoms. The fraction of sp³-hybridized carbons (Fsp3) is 0.167. The van der Waals surface area contributed by atoms with Crippen molar-refractivity contribution in [1.29, 1.82) is 0 Å². The van der Waals surface area contributed by atoms with Crippen LogP contribution in [0.5, 0.6) is 5.75 Å². The number of nitrogens with zero attached hydrogens (tertiary/aromatic N) is 1. The summed E-state index contributed by atoms with van der Waals surface area (Å²) in [6.07, 6.45) is 1.43. The molecule has 3 aromatic carbocycles. The van der Waals surface area contributed by atoms with Crippen molar-refractivity contribution < 1.29 is 17.9 Å². The van der Waals surface area contributed by atoms with E-state index in [4.69, 9.17) is 16.3 Å². The van der Waals surface area contributed by atoms with Crippen LogP contribution >= 0.6 is 11.6 Å². The third kappa shape index (κ3) is 5.91. The maximum absolute atomic E-state index is 12.6. The van der Waals surface area contributed by atoms with Gasteiger partial charge in [-0.15, -0.1) is 0 Å². The maximum atomic E-state index is 12.6. The number of carbonyl (C=O) groups is 1. The monoisotopic (exact) mass is 483 g/mol. The van der Waals surface area contributed by atoms with Gasteiger partial charge in [-0.25, -0.2) is 8.42 Å². The minimum atomic E-state index is -3.77. The highest BCUT2D eigenvalue weighted by Crippen LogP contribution is 2.30. The van der Waals surface area contributed by atoms with Gasteiger partial charge in [0.2, 0.25) is 0 Å². The first-order valence-electron chi connectivity index (χ1n) is 10.3. The lowest BCUT2D eigenvalue weighted by Gasteiger charge is -2.12. The van der Waals surface area contributed by atoms with Crippen LogP contribution in [0.15, 0.2) is 82.7 Å².